The number of hydrogen-bond donors (Lipinski definition) is 1. The predicted molar refractivity (Wildman–Crippen MR) is 83.3 cm³/mol. The van der Waals surface area contributed by atoms with E-state index in [4.69, 9.17) is 5.73 Å². The molecule has 1 saturated heterocycles. The van der Waals surface area contributed by atoms with E-state index in [0.29, 0.717) is 19.5 Å². The molecule has 1 amide bonds. The molecule has 1 aliphatic heterocycles. The lowest BCUT2D eigenvalue weighted by atomic mass is 9.79. The van der Waals surface area contributed by atoms with E-state index in [1.165, 1.54) is 4.31 Å². The highest BCUT2D eigenvalue weighted by atomic mass is 32.2. The second kappa shape index (κ2) is 6.27. The summed E-state index contributed by atoms with van der Waals surface area (Å²) >= 11 is 0. The minimum atomic E-state index is -3.52. The van der Waals surface area contributed by atoms with Gasteiger partial charge in [-0.15, -0.1) is 0 Å². The van der Waals surface area contributed by atoms with Gasteiger partial charge in [0.2, 0.25) is 21.9 Å². The summed E-state index contributed by atoms with van der Waals surface area (Å²) in [5, 5.41) is 0. The number of halogens is 2. The monoisotopic (exact) mass is 352 g/mol. The molecule has 1 aliphatic carbocycles. The summed E-state index contributed by atoms with van der Waals surface area (Å²) in [5.74, 6) is -3.67. The first-order chi connectivity index (χ1) is 10.4. The highest BCUT2D eigenvalue weighted by Gasteiger charge is 2.47. The Labute approximate surface area is 136 Å². The predicted octanol–water partition coefficient (Wildman–Crippen LogP) is 1.98. The molecule has 5 nitrogen and oxygen atoms in total. The lowest BCUT2D eigenvalue weighted by Gasteiger charge is -2.38. The first-order valence-corrected chi connectivity index (χ1v) is 9.68. The fourth-order valence-electron chi connectivity index (χ4n) is 3.57. The molecule has 0 spiro atoms. The van der Waals surface area contributed by atoms with E-state index in [1.54, 1.807) is 13.8 Å². The second-order valence-corrected chi connectivity index (χ2v) is 9.74. The number of carbonyl (C=O) groups is 1. The number of rotatable bonds is 6. The lowest BCUT2D eigenvalue weighted by molar-refractivity contribution is -0.127. The van der Waals surface area contributed by atoms with Crippen LogP contribution >= 0.6 is 0 Å². The number of amides is 1. The van der Waals surface area contributed by atoms with Crippen LogP contribution in [0.3, 0.4) is 0 Å². The van der Waals surface area contributed by atoms with Gasteiger partial charge in [-0.1, -0.05) is 13.8 Å². The third-order valence-corrected chi connectivity index (χ3v) is 6.97. The van der Waals surface area contributed by atoms with Gasteiger partial charge in [-0.05, 0) is 31.1 Å². The van der Waals surface area contributed by atoms with E-state index >= 15 is 0 Å². The van der Waals surface area contributed by atoms with E-state index in [9.17, 15) is 22.0 Å². The maximum atomic E-state index is 12.9. The van der Waals surface area contributed by atoms with Gasteiger partial charge in [-0.3, -0.25) is 4.79 Å². The Morgan fingerprint density at radius 3 is 2.43 bits per heavy atom. The molecule has 8 heteroatoms. The molecular formula is C15H26F2N2O3S. The maximum Gasteiger partial charge on any atom is 0.248 e. The van der Waals surface area contributed by atoms with Crippen molar-refractivity contribution < 1.29 is 22.0 Å². The van der Waals surface area contributed by atoms with Crippen LogP contribution in [-0.4, -0.2) is 43.4 Å². The Kier molecular flexibility index (Phi) is 5.07. The fourth-order valence-corrected chi connectivity index (χ4v) is 5.46. The molecule has 1 atom stereocenters. The van der Waals surface area contributed by atoms with E-state index in [1.807, 2.05) is 0 Å². The van der Waals surface area contributed by atoms with Crippen molar-refractivity contribution in [3.05, 3.63) is 0 Å². The first kappa shape index (κ1) is 18.6. The number of carbonyl (C=O) groups excluding carboxylic acids is 1. The average Bonchev–Trinajstić information content (AvgIpc) is 2.35. The molecular weight excluding hydrogens is 326 g/mol. The van der Waals surface area contributed by atoms with Crippen LogP contribution in [0, 0.1) is 17.3 Å². The number of alkyl halides is 2. The Bertz CT molecular complexity index is 555. The van der Waals surface area contributed by atoms with Gasteiger partial charge in [0.1, 0.15) is 0 Å². The number of primary amides is 1. The molecule has 2 aliphatic rings. The van der Waals surface area contributed by atoms with Gasteiger partial charge in [0.25, 0.3) is 0 Å². The zero-order valence-electron chi connectivity index (χ0n) is 13.7. The molecule has 2 rings (SSSR count). The highest BCUT2D eigenvalue weighted by molar-refractivity contribution is 7.89. The van der Waals surface area contributed by atoms with Crippen LogP contribution in [0.5, 0.6) is 0 Å². The van der Waals surface area contributed by atoms with Gasteiger partial charge in [-0.25, -0.2) is 21.5 Å². The van der Waals surface area contributed by atoms with Crippen LogP contribution in [0.4, 0.5) is 8.78 Å². The molecule has 0 aromatic rings. The first-order valence-electron chi connectivity index (χ1n) is 8.07. The largest absolute Gasteiger partial charge is 0.369 e. The van der Waals surface area contributed by atoms with Crippen LogP contribution in [0.15, 0.2) is 0 Å². The standard InChI is InChI=1S/C15H26F2N2O3S/c1-14(2,13(18)20)6-11-4-3-5-19(9-11)23(21,22)10-12-7-15(16,17)8-12/h11-12H,3-10H2,1-2H3,(H2,18,20). The number of nitrogens with two attached hydrogens (primary N) is 1. The van der Waals surface area contributed by atoms with E-state index in [2.05, 4.69) is 0 Å². The minimum Gasteiger partial charge on any atom is -0.369 e. The molecule has 1 saturated carbocycles. The van der Waals surface area contributed by atoms with Crippen molar-refractivity contribution in [2.24, 2.45) is 23.0 Å². The number of sulfonamides is 1. The molecule has 1 unspecified atom stereocenters. The van der Waals surface area contributed by atoms with Gasteiger partial charge < -0.3 is 5.73 Å². The van der Waals surface area contributed by atoms with Crippen molar-refractivity contribution in [2.45, 2.75) is 51.9 Å². The van der Waals surface area contributed by atoms with Crippen LogP contribution < -0.4 is 5.73 Å². The summed E-state index contributed by atoms with van der Waals surface area (Å²) in [6, 6.07) is 0. The quantitative estimate of drug-likeness (QED) is 0.794. The van der Waals surface area contributed by atoms with Crippen molar-refractivity contribution >= 4 is 15.9 Å². The van der Waals surface area contributed by atoms with Gasteiger partial charge in [0.15, 0.2) is 0 Å². The second-order valence-electron chi connectivity index (χ2n) is 7.73. The van der Waals surface area contributed by atoms with Crippen LogP contribution in [0.1, 0.15) is 46.0 Å². The van der Waals surface area contributed by atoms with Crippen molar-refractivity contribution in [2.75, 3.05) is 18.8 Å². The average molecular weight is 352 g/mol. The molecule has 0 radical (unpaired) electrons. The van der Waals surface area contributed by atoms with E-state index < -0.39 is 33.2 Å². The summed E-state index contributed by atoms with van der Waals surface area (Å²) in [6.45, 7) is 4.31. The number of nitrogens with zero attached hydrogens (tertiary/aromatic N) is 1. The third-order valence-electron chi connectivity index (χ3n) is 4.96. The van der Waals surface area contributed by atoms with Crippen molar-refractivity contribution in [1.29, 1.82) is 0 Å². The van der Waals surface area contributed by atoms with Crippen LogP contribution in [0.2, 0.25) is 0 Å². The SMILES string of the molecule is CC(C)(CC1CCCN(S(=O)(=O)CC2CC(F)(F)C2)C1)C(N)=O. The van der Waals surface area contributed by atoms with Gasteiger partial charge >= 0.3 is 0 Å². The summed E-state index contributed by atoms with van der Waals surface area (Å²) in [7, 11) is -3.52. The fraction of sp³-hybridized carbons (Fsp3) is 0.933. The lowest BCUT2D eigenvalue weighted by Crippen LogP contribution is -2.47. The van der Waals surface area contributed by atoms with E-state index in [0.717, 1.165) is 12.8 Å². The molecule has 2 N–H and O–H groups in total. The maximum absolute atomic E-state index is 12.9. The Balaban J connectivity index is 1.93. The highest BCUT2D eigenvalue weighted by Crippen LogP contribution is 2.43. The molecule has 23 heavy (non-hydrogen) atoms. The van der Waals surface area contributed by atoms with Crippen molar-refractivity contribution in [3.8, 4) is 0 Å². The Morgan fingerprint density at radius 1 is 1.30 bits per heavy atom. The normalized spacial score (nSPS) is 26.7. The van der Waals surface area contributed by atoms with Gasteiger partial charge in [0, 0.05) is 31.3 Å². The summed E-state index contributed by atoms with van der Waals surface area (Å²) in [6.07, 6.45) is 1.44. The van der Waals surface area contributed by atoms with E-state index in [-0.39, 0.29) is 24.5 Å². The van der Waals surface area contributed by atoms with Gasteiger partial charge in [-0.2, -0.15) is 0 Å². The number of hydrogen-bond acceptors (Lipinski definition) is 3. The molecule has 0 bridgehead atoms. The molecule has 1 heterocycles. The van der Waals surface area contributed by atoms with Crippen molar-refractivity contribution in [3.63, 3.8) is 0 Å². The molecule has 134 valence electrons. The molecule has 0 aromatic carbocycles. The summed E-state index contributed by atoms with van der Waals surface area (Å²) in [4.78, 5) is 11.4. The third kappa shape index (κ3) is 4.62. The Hall–Kier alpha value is -0.760. The Morgan fingerprint density at radius 2 is 1.91 bits per heavy atom. The zero-order valence-corrected chi connectivity index (χ0v) is 14.5. The molecule has 2 fully saturated rings. The zero-order chi connectivity index (χ0) is 17.5. The van der Waals surface area contributed by atoms with Gasteiger partial charge in [0.05, 0.1) is 5.75 Å². The summed E-state index contributed by atoms with van der Waals surface area (Å²) < 4.78 is 52.0. The minimum absolute atomic E-state index is 0.0730. The topological polar surface area (TPSA) is 80.5 Å². The smallest absolute Gasteiger partial charge is 0.248 e. The number of piperidine rings is 1. The summed E-state index contributed by atoms with van der Waals surface area (Å²) in [5.41, 5.74) is 4.71. The molecule has 0 aromatic heterocycles. The van der Waals surface area contributed by atoms with Crippen molar-refractivity contribution in [1.82, 2.24) is 4.31 Å². The van der Waals surface area contributed by atoms with Crippen LogP contribution in [0.25, 0.3) is 0 Å². The van der Waals surface area contributed by atoms with Crippen LogP contribution in [-0.2, 0) is 14.8 Å².